The second-order valence-electron chi connectivity index (χ2n) is 4.45. The molecule has 0 bridgehead atoms. The van der Waals surface area contributed by atoms with Gasteiger partial charge in [0.2, 0.25) is 0 Å². The van der Waals surface area contributed by atoms with Crippen molar-refractivity contribution in [2.24, 2.45) is 0 Å². The largest absolute Gasteiger partial charge is 0.388 e. The van der Waals surface area contributed by atoms with Crippen LogP contribution in [0.15, 0.2) is 0 Å². The minimum atomic E-state index is -0.575. The SMILES string of the molecule is CCOC(CNCC1(O)CCNCC1)OCC. The zero-order chi connectivity index (χ0) is 12.6. The van der Waals surface area contributed by atoms with E-state index in [4.69, 9.17) is 9.47 Å². The van der Waals surface area contributed by atoms with Crippen LogP contribution in [0, 0.1) is 0 Å². The topological polar surface area (TPSA) is 62.8 Å². The van der Waals surface area contributed by atoms with Crippen LogP contribution in [0.2, 0.25) is 0 Å². The van der Waals surface area contributed by atoms with Gasteiger partial charge in [-0.15, -0.1) is 0 Å². The molecule has 5 heteroatoms. The predicted molar refractivity (Wildman–Crippen MR) is 67.0 cm³/mol. The normalized spacial score (nSPS) is 19.8. The van der Waals surface area contributed by atoms with E-state index in [0.29, 0.717) is 26.3 Å². The average molecular weight is 246 g/mol. The van der Waals surface area contributed by atoms with Gasteiger partial charge in [0, 0.05) is 26.3 Å². The van der Waals surface area contributed by atoms with Gasteiger partial charge in [0.05, 0.1) is 5.60 Å². The number of hydrogen-bond donors (Lipinski definition) is 3. The molecule has 102 valence electrons. The van der Waals surface area contributed by atoms with Crippen LogP contribution in [-0.4, -0.2) is 56.4 Å². The molecule has 0 radical (unpaired) electrons. The van der Waals surface area contributed by atoms with Gasteiger partial charge in [0.1, 0.15) is 0 Å². The number of hydrogen-bond acceptors (Lipinski definition) is 5. The van der Waals surface area contributed by atoms with Gasteiger partial charge >= 0.3 is 0 Å². The Bertz CT molecular complexity index is 190. The lowest BCUT2D eigenvalue weighted by molar-refractivity contribution is -0.134. The molecular weight excluding hydrogens is 220 g/mol. The lowest BCUT2D eigenvalue weighted by atomic mass is 9.92. The molecule has 1 rings (SSSR count). The molecule has 5 nitrogen and oxygen atoms in total. The van der Waals surface area contributed by atoms with Crippen molar-refractivity contribution in [3.05, 3.63) is 0 Å². The first-order valence-corrected chi connectivity index (χ1v) is 6.57. The maximum absolute atomic E-state index is 10.3. The molecule has 0 aromatic heterocycles. The van der Waals surface area contributed by atoms with Crippen LogP contribution < -0.4 is 10.6 Å². The predicted octanol–water partition coefficient (Wildman–Crippen LogP) is 0.0896. The fourth-order valence-electron chi connectivity index (χ4n) is 2.03. The Kier molecular flexibility index (Phi) is 6.99. The molecule has 1 aliphatic heterocycles. The smallest absolute Gasteiger partial charge is 0.169 e. The first kappa shape index (κ1) is 14.9. The van der Waals surface area contributed by atoms with Crippen molar-refractivity contribution in [1.82, 2.24) is 10.6 Å². The Hall–Kier alpha value is -0.200. The molecular formula is C12H26N2O3. The van der Waals surface area contributed by atoms with Crippen LogP contribution in [0.3, 0.4) is 0 Å². The summed E-state index contributed by atoms with van der Waals surface area (Å²) in [5.74, 6) is 0. The van der Waals surface area contributed by atoms with Crippen molar-refractivity contribution in [2.75, 3.05) is 39.4 Å². The van der Waals surface area contributed by atoms with E-state index in [1.54, 1.807) is 0 Å². The van der Waals surface area contributed by atoms with Gasteiger partial charge in [-0.2, -0.15) is 0 Å². The molecule has 1 aliphatic rings. The molecule has 0 saturated carbocycles. The first-order chi connectivity index (χ1) is 8.20. The van der Waals surface area contributed by atoms with E-state index in [-0.39, 0.29) is 6.29 Å². The van der Waals surface area contributed by atoms with E-state index in [0.717, 1.165) is 25.9 Å². The number of rotatable bonds is 8. The van der Waals surface area contributed by atoms with E-state index in [2.05, 4.69) is 10.6 Å². The average Bonchev–Trinajstić information content (AvgIpc) is 2.30. The molecule has 0 unspecified atom stereocenters. The maximum atomic E-state index is 10.3. The molecule has 0 aromatic carbocycles. The highest BCUT2D eigenvalue weighted by Gasteiger charge is 2.28. The van der Waals surface area contributed by atoms with Crippen molar-refractivity contribution >= 4 is 0 Å². The second-order valence-corrected chi connectivity index (χ2v) is 4.45. The zero-order valence-electron chi connectivity index (χ0n) is 11.0. The highest BCUT2D eigenvalue weighted by atomic mass is 16.7. The minimum Gasteiger partial charge on any atom is -0.388 e. The second kappa shape index (κ2) is 8.00. The van der Waals surface area contributed by atoms with Crippen LogP contribution in [0.1, 0.15) is 26.7 Å². The van der Waals surface area contributed by atoms with Gasteiger partial charge < -0.3 is 25.2 Å². The van der Waals surface area contributed by atoms with Crippen molar-refractivity contribution in [1.29, 1.82) is 0 Å². The van der Waals surface area contributed by atoms with Crippen molar-refractivity contribution in [3.63, 3.8) is 0 Å². The van der Waals surface area contributed by atoms with Gasteiger partial charge in [-0.1, -0.05) is 0 Å². The summed E-state index contributed by atoms with van der Waals surface area (Å²) in [6, 6.07) is 0. The number of piperidine rings is 1. The Morgan fingerprint density at radius 2 is 1.82 bits per heavy atom. The summed E-state index contributed by atoms with van der Waals surface area (Å²) in [5.41, 5.74) is -0.575. The summed E-state index contributed by atoms with van der Waals surface area (Å²) >= 11 is 0. The third kappa shape index (κ3) is 5.79. The van der Waals surface area contributed by atoms with Gasteiger partial charge in [-0.3, -0.25) is 0 Å². The quantitative estimate of drug-likeness (QED) is 0.530. The third-order valence-corrected chi connectivity index (χ3v) is 3.00. The summed E-state index contributed by atoms with van der Waals surface area (Å²) in [7, 11) is 0. The fraction of sp³-hybridized carbons (Fsp3) is 1.00. The molecule has 1 saturated heterocycles. The zero-order valence-corrected chi connectivity index (χ0v) is 11.0. The van der Waals surface area contributed by atoms with Gasteiger partial charge in [-0.25, -0.2) is 0 Å². The fourth-order valence-corrected chi connectivity index (χ4v) is 2.03. The summed E-state index contributed by atoms with van der Waals surface area (Å²) in [6.45, 7) is 8.18. The highest BCUT2D eigenvalue weighted by Crippen LogP contribution is 2.16. The molecule has 17 heavy (non-hydrogen) atoms. The monoisotopic (exact) mass is 246 g/mol. The van der Waals surface area contributed by atoms with Crippen molar-refractivity contribution in [3.8, 4) is 0 Å². The lowest BCUT2D eigenvalue weighted by Crippen LogP contribution is -2.49. The van der Waals surface area contributed by atoms with E-state index in [1.165, 1.54) is 0 Å². The molecule has 3 N–H and O–H groups in total. The van der Waals surface area contributed by atoms with Gasteiger partial charge in [-0.05, 0) is 39.8 Å². The van der Waals surface area contributed by atoms with Crippen LogP contribution >= 0.6 is 0 Å². The molecule has 1 heterocycles. The van der Waals surface area contributed by atoms with Crippen LogP contribution in [0.5, 0.6) is 0 Å². The Balaban J connectivity index is 2.19. The highest BCUT2D eigenvalue weighted by molar-refractivity contribution is 4.86. The molecule has 0 aromatic rings. The van der Waals surface area contributed by atoms with Crippen LogP contribution in [0.4, 0.5) is 0 Å². The standard InChI is InChI=1S/C12H26N2O3/c1-3-16-11(17-4-2)9-14-10-12(15)5-7-13-8-6-12/h11,13-15H,3-10H2,1-2H3. The number of nitrogens with one attached hydrogen (secondary N) is 2. The molecule has 0 amide bonds. The van der Waals surface area contributed by atoms with E-state index in [9.17, 15) is 5.11 Å². The first-order valence-electron chi connectivity index (χ1n) is 6.57. The van der Waals surface area contributed by atoms with E-state index in [1.807, 2.05) is 13.8 Å². The lowest BCUT2D eigenvalue weighted by Gasteiger charge is -2.33. The Morgan fingerprint density at radius 3 is 2.35 bits per heavy atom. The Morgan fingerprint density at radius 1 is 1.24 bits per heavy atom. The molecule has 0 spiro atoms. The maximum Gasteiger partial charge on any atom is 0.169 e. The van der Waals surface area contributed by atoms with Crippen LogP contribution in [0.25, 0.3) is 0 Å². The van der Waals surface area contributed by atoms with Crippen LogP contribution in [-0.2, 0) is 9.47 Å². The summed E-state index contributed by atoms with van der Waals surface area (Å²) in [6.07, 6.45) is 1.39. The summed E-state index contributed by atoms with van der Waals surface area (Å²) in [4.78, 5) is 0. The van der Waals surface area contributed by atoms with Gasteiger partial charge in [0.25, 0.3) is 0 Å². The molecule has 0 aliphatic carbocycles. The van der Waals surface area contributed by atoms with E-state index >= 15 is 0 Å². The minimum absolute atomic E-state index is 0.213. The molecule has 1 fully saturated rings. The third-order valence-electron chi connectivity index (χ3n) is 3.00. The number of ether oxygens (including phenoxy) is 2. The van der Waals surface area contributed by atoms with Crippen molar-refractivity contribution in [2.45, 2.75) is 38.6 Å². The Labute approximate surface area is 104 Å². The number of aliphatic hydroxyl groups is 1. The summed E-state index contributed by atoms with van der Waals surface area (Å²) < 4.78 is 10.9. The van der Waals surface area contributed by atoms with Gasteiger partial charge in [0.15, 0.2) is 6.29 Å². The molecule has 0 atom stereocenters. The summed E-state index contributed by atoms with van der Waals surface area (Å²) in [5, 5.41) is 16.7. The van der Waals surface area contributed by atoms with Crippen molar-refractivity contribution < 1.29 is 14.6 Å². The van der Waals surface area contributed by atoms with E-state index < -0.39 is 5.60 Å².